The van der Waals surface area contributed by atoms with Crippen molar-refractivity contribution in [3.8, 4) is 5.75 Å². The highest BCUT2D eigenvalue weighted by atomic mass is 16.6. The van der Waals surface area contributed by atoms with Gasteiger partial charge >= 0.3 is 12.0 Å². The Balaban J connectivity index is 1.60. The summed E-state index contributed by atoms with van der Waals surface area (Å²) in [5.74, 6) is -1.69. The maximum Gasteiger partial charge on any atom is 0.338 e. The van der Waals surface area contributed by atoms with Gasteiger partial charge in [0.2, 0.25) is 5.91 Å². The zero-order valence-electron chi connectivity index (χ0n) is 17.5. The van der Waals surface area contributed by atoms with Crippen molar-refractivity contribution in [3.05, 3.63) is 63.7 Å². The fourth-order valence-corrected chi connectivity index (χ4v) is 3.02. The molecule has 1 aliphatic heterocycles. The van der Waals surface area contributed by atoms with E-state index in [1.165, 1.54) is 30.3 Å². The molecular formula is C21H20N4O8. The summed E-state index contributed by atoms with van der Waals surface area (Å²) in [6, 6.07) is 9.52. The number of rotatable bonds is 9. The van der Waals surface area contributed by atoms with Gasteiger partial charge in [0, 0.05) is 0 Å². The SMILES string of the molecule is CCOc1ccc(NC(=O)COC(=O)c2cccc(CN3C(=O)CNC3=O)c2)c([N+](=O)[O-])c1. The molecule has 2 aromatic carbocycles. The minimum absolute atomic E-state index is 0.0202. The third-order valence-electron chi connectivity index (χ3n) is 4.53. The van der Waals surface area contributed by atoms with Crippen molar-refractivity contribution in [2.24, 2.45) is 0 Å². The van der Waals surface area contributed by atoms with Crippen molar-refractivity contribution in [1.29, 1.82) is 0 Å². The molecule has 0 aromatic heterocycles. The maximum atomic E-state index is 12.3. The van der Waals surface area contributed by atoms with E-state index in [2.05, 4.69) is 10.6 Å². The van der Waals surface area contributed by atoms with Crippen molar-refractivity contribution in [3.63, 3.8) is 0 Å². The van der Waals surface area contributed by atoms with Gasteiger partial charge in [-0.3, -0.25) is 24.6 Å². The molecule has 3 rings (SSSR count). The lowest BCUT2D eigenvalue weighted by atomic mass is 10.1. The highest BCUT2D eigenvalue weighted by Crippen LogP contribution is 2.29. The number of ether oxygens (including phenoxy) is 2. The zero-order valence-corrected chi connectivity index (χ0v) is 17.5. The maximum absolute atomic E-state index is 12.3. The molecule has 33 heavy (non-hydrogen) atoms. The molecule has 12 nitrogen and oxygen atoms in total. The second-order valence-corrected chi connectivity index (χ2v) is 6.83. The van der Waals surface area contributed by atoms with Gasteiger partial charge in [0.15, 0.2) is 6.61 Å². The van der Waals surface area contributed by atoms with E-state index in [4.69, 9.17) is 9.47 Å². The molecule has 4 amide bonds. The third kappa shape index (κ3) is 5.81. The quantitative estimate of drug-likeness (QED) is 0.250. The highest BCUT2D eigenvalue weighted by Gasteiger charge is 2.28. The van der Waals surface area contributed by atoms with Gasteiger partial charge in [0.05, 0.1) is 36.2 Å². The minimum Gasteiger partial charge on any atom is -0.494 e. The summed E-state index contributed by atoms with van der Waals surface area (Å²) in [5, 5.41) is 16.0. The Labute approximate surface area is 187 Å². The molecule has 1 saturated heterocycles. The number of hydrogen-bond donors (Lipinski definition) is 2. The van der Waals surface area contributed by atoms with Crippen LogP contribution in [0, 0.1) is 10.1 Å². The molecule has 0 aliphatic carbocycles. The van der Waals surface area contributed by atoms with Crippen molar-refractivity contribution < 1.29 is 33.6 Å². The lowest BCUT2D eigenvalue weighted by Gasteiger charge is -2.13. The third-order valence-corrected chi connectivity index (χ3v) is 4.53. The van der Waals surface area contributed by atoms with Crippen molar-refractivity contribution >= 4 is 35.2 Å². The number of benzene rings is 2. The molecule has 0 saturated carbocycles. The number of carbonyl (C=O) groups is 4. The number of amides is 4. The van der Waals surface area contributed by atoms with Crippen LogP contribution in [0.4, 0.5) is 16.2 Å². The molecule has 0 unspecified atom stereocenters. The summed E-state index contributed by atoms with van der Waals surface area (Å²) in [6.07, 6.45) is 0. The average molecular weight is 456 g/mol. The van der Waals surface area contributed by atoms with Crippen LogP contribution >= 0.6 is 0 Å². The number of imide groups is 1. The molecule has 2 aromatic rings. The number of carbonyl (C=O) groups excluding carboxylic acids is 4. The molecular weight excluding hydrogens is 436 g/mol. The van der Waals surface area contributed by atoms with Gasteiger partial charge in [-0.25, -0.2) is 9.59 Å². The Morgan fingerprint density at radius 1 is 1.21 bits per heavy atom. The number of nitro benzene ring substituents is 1. The van der Waals surface area contributed by atoms with Gasteiger partial charge in [-0.05, 0) is 36.8 Å². The number of anilines is 1. The molecule has 172 valence electrons. The van der Waals surface area contributed by atoms with E-state index in [9.17, 15) is 29.3 Å². The van der Waals surface area contributed by atoms with Crippen LogP contribution in [0.15, 0.2) is 42.5 Å². The topological polar surface area (TPSA) is 157 Å². The molecule has 12 heteroatoms. The molecule has 2 N–H and O–H groups in total. The zero-order chi connectivity index (χ0) is 24.0. The standard InChI is InChI=1S/C21H20N4O8/c1-2-32-15-6-7-16(17(9-15)25(30)31)23-18(26)12-33-20(28)14-5-3-4-13(8-14)11-24-19(27)10-22-21(24)29/h3-9H,2,10-12H2,1H3,(H,22,29)(H,23,26). The molecule has 0 bridgehead atoms. The predicted octanol–water partition coefficient (Wildman–Crippen LogP) is 1.84. The van der Waals surface area contributed by atoms with Crippen LogP contribution in [0.3, 0.4) is 0 Å². The van der Waals surface area contributed by atoms with Crippen LogP contribution in [0.1, 0.15) is 22.8 Å². The molecule has 1 fully saturated rings. The van der Waals surface area contributed by atoms with Crippen molar-refractivity contribution in [1.82, 2.24) is 10.2 Å². The van der Waals surface area contributed by atoms with Crippen LogP contribution in [-0.4, -0.2) is 53.4 Å². The normalized spacial score (nSPS) is 12.8. The van der Waals surface area contributed by atoms with Gasteiger partial charge in [-0.2, -0.15) is 0 Å². The van der Waals surface area contributed by atoms with Gasteiger partial charge in [-0.1, -0.05) is 12.1 Å². The predicted molar refractivity (Wildman–Crippen MR) is 114 cm³/mol. The van der Waals surface area contributed by atoms with E-state index in [0.717, 1.165) is 4.90 Å². The first-order chi connectivity index (χ1) is 15.8. The van der Waals surface area contributed by atoms with Crippen LogP contribution in [0.2, 0.25) is 0 Å². The number of urea groups is 1. The fraction of sp³-hybridized carbons (Fsp3) is 0.238. The summed E-state index contributed by atoms with van der Waals surface area (Å²) in [6.45, 7) is 1.27. The van der Waals surface area contributed by atoms with Gasteiger partial charge in [-0.15, -0.1) is 0 Å². The highest BCUT2D eigenvalue weighted by molar-refractivity contribution is 6.02. The second-order valence-electron chi connectivity index (χ2n) is 6.83. The number of nitrogens with one attached hydrogen (secondary N) is 2. The fourth-order valence-electron chi connectivity index (χ4n) is 3.02. The van der Waals surface area contributed by atoms with Crippen LogP contribution in [0.5, 0.6) is 5.75 Å². The Morgan fingerprint density at radius 3 is 2.67 bits per heavy atom. The summed E-state index contributed by atoms with van der Waals surface area (Å²) < 4.78 is 10.2. The Kier molecular flexibility index (Phi) is 7.18. The summed E-state index contributed by atoms with van der Waals surface area (Å²) >= 11 is 0. The minimum atomic E-state index is -0.814. The number of nitrogens with zero attached hydrogens (tertiary/aromatic N) is 2. The van der Waals surface area contributed by atoms with E-state index in [1.807, 2.05) is 0 Å². The molecule has 0 spiro atoms. The lowest BCUT2D eigenvalue weighted by Crippen LogP contribution is -2.30. The smallest absolute Gasteiger partial charge is 0.338 e. The van der Waals surface area contributed by atoms with E-state index >= 15 is 0 Å². The van der Waals surface area contributed by atoms with E-state index < -0.39 is 29.4 Å². The monoisotopic (exact) mass is 456 g/mol. The Morgan fingerprint density at radius 2 is 2.00 bits per heavy atom. The largest absolute Gasteiger partial charge is 0.494 e. The number of nitro groups is 1. The molecule has 0 atom stereocenters. The van der Waals surface area contributed by atoms with Crippen LogP contribution in [-0.2, 0) is 20.9 Å². The Hall–Kier alpha value is -4.48. The molecule has 0 radical (unpaired) electrons. The van der Waals surface area contributed by atoms with E-state index in [-0.39, 0.29) is 41.7 Å². The summed E-state index contributed by atoms with van der Waals surface area (Å²) in [7, 11) is 0. The molecule has 1 aliphatic rings. The lowest BCUT2D eigenvalue weighted by molar-refractivity contribution is -0.384. The van der Waals surface area contributed by atoms with E-state index in [1.54, 1.807) is 19.1 Å². The summed E-state index contributed by atoms with van der Waals surface area (Å²) in [5.41, 5.74) is 0.192. The van der Waals surface area contributed by atoms with Crippen molar-refractivity contribution in [2.45, 2.75) is 13.5 Å². The van der Waals surface area contributed by atoms with Crippen LogP contribution < -0.4 is 15.4 Å². The first-order valence-corrected chi connectivity index (χ1v) is 9.84. The van der Waals surface area contributed by atoms with Crippen molar-refractivity contribution in [2.75, 3.05) is 25.1 Å². The number of hydrogen-bond acceptors (Lipinski definition) is 8. The van der Waals surface area contributed by atoms with Gasteiger partial charge in [0.1, 0.15) is 11.4 Å². The second kappa shape index (κ2) is 10.2. The van der Waals surface area contributed by atoms with Gasteiger partial charge < -0.3 is 20.1 Å². The number of esters is 1. The first-order valence-electron chi connectivity index (χ1n) is 9.84. The Bertz CT molecular complexity index is 1100. The van der Waals surface area contributed by atoms with E-state index in [0.29, 0.717) is 12.2 Å². The van der Waals surface area contributed by atoms with Gasteiger partial charge in [0.25, 0.3) is 11.6 Å². The molecule has 1 heterocycles. The first kappa shape index (κ1) is 23.2. The average Bonchev–Trinajstić information content (AvgIpc) is 3.10. The van der Waals surface area contributed by atoms with Crippen LogP contribution in [0.25, 0.3) is 0 Å². The summed E-state index contributed by atoms with van der Waals surface area (Å²) in [4.78, 5) is 59.5.